The molecule has 1 N–H and O–H groups in total. The number of nitrogens with one attached hydrogen (secondary N) is 1. The molecule has 2 fully saturated rings. The zero-order valence-corrected chi connectivity index (χ0v) is 11.6. The van der Waals surface area contributed by atoms with Gasteiger partial charge in [-0.2, -0.15) is 0 Å². The average molecular weight is 266 g/mol. The maximum absolute atomic E-state index is 5.90. The second-order valence-electron chi connectivity index (χ2n) is 5.33. The summed E-state index contributed by atoms with van der Waals surface area (Å²) in [5.74, 6) is 0.883. The fourth-order valence-electron chi connectivity index (χ4n) is 2.94. The predicted molar refractivity (Wildman–Crippen MR) is 75.0 cm³/mol. The van der Waals surface area contributed by atoms with Crippen LogP contribution in [0.1, 0.15) is 23.8 Å². The van der Waals surface area contributed by atoms with Gasteiger partial charge in [-0.3, -0.25) is 4.90 Å². The highest BCUT2D eigenvalue weighted by atomic mass is 32.1. The van der Waals surface area contributed by atoms with Crippen LogP contribution in [-0.2, 0) is 4.74 Å². The van der Waals surface area contributed by atoms with Crippen molar-refractivity contribution < 1.29 is 4.74 Å². The summed E-state index contributed by atoms with van der Waals surface area (Å²) in [6.45, 7) is 6.71. The molecule has 2 aliphatic heterocycles. The van der Waals surface area contributed by atoms with Crippen molar-refractivity contribution in [3.63, 3.8) is 0 Å². The molecule has 3 heterocycles. The summed E-state index contributed by atoms with van der Waals surface area (Å²) < 4.78 is 5.90. The monoisotopic (exact) mass is 266 g/mol. The van der Waals surface area contributed by atoms with Crippen LogP contribution in [0.4, 0.5) is 0 Å². The van der Waals surface area contributed by atoms with E-state index >= 15 is 0 Å². The predicted octanol–water partition coefficient (Wildman–Crippen LogP) is 2.12. The molecule has 3 rings (SSSR count). The topological polar surface area (TPSA) is 24.5 Å². The van der Waals surface area contributed by atoms with Gasteiger partial charge in [-0.1, -0.05) is 6.07 Å². The van der Waals surface area contributed by atoms with Crippen molar-refractivity contribution in [1.82, 2.24) is 10.2 Å². The quantitative estimate of drug-likeness (QED) is 0.907. The molecule has 3 nitrogen and oxygen atoms in total. The molecule has 0 saturated carbocycles. The van der Waals surface area contributed by atoms with Crippen molar-refractivity contribution in [3.05, 3.63) is 22.4 Å². The smallest absolute Gasteiger partial charge is 0.104 e. The van der Waals surface area contributed by atoms with Crippen molar-refractivity contribution in [3.8, 4) is 0 Å². The van der Waals surface area contributed by atoms with E-state index in [1.165, 1.54) is 37.4 Å². The number of hydrogen-bond acceptors (Lipinski definition) is 4. The van der Waals surface area contributed by atoms with Gasteiger partial charge < -0.3 is 10.1 Å². The number of thiophene rings is 1. The van der Waals surface area contributed by atoms with Crippen LogP contribution in [0.15, 0.2) is 17.5 Å². The van der Waals surface area contributed by atoms with Gasteiger partial charge in [-0.25, -0.2) is 0 Å². The Hall–Kier alpha value is -0.420. The summed E-state index contributed by atoms with van der Waals surface area (Å²) in [4.78, 5) is 3.98. The Labute approximate surface area is 113 Å². The second kappa shape index (κ2) is 6.15. The van der Waals surface area contributed by atoms with E-state index < -0.39 is 0 Å². The van der Waals surface area contributed by atoms with Gasteiger partial charge in [-0.05, 0) is 43.3 Å². The highest BCUT2D eigenvalue weighted by molar-refractivity contribution is 7.10. The molecule has 1 unspecified atom stereocenters. The van der Waals surface area contributed by atoms with Gasteiger partial charge >= 0.3 is 0 Å². The van der Waals surface area contributed by atoms with Crippen LogP contribution in [0.2, 0.25) is 0 Å². The maximum Gasteiger partial charge on any atom is 0.104 e. The Morgan fingerprint density at radius 1 is 1.39 bits per heavy atom. The third-order valence-corrected chi connectivity index (χ3v) is 4.95. The standard InChI is InChI=1S/C14H22N2OS/c1-2-14(18-9-1)13-11-16(7-8-17-13)10-12-3-5-15-6-4-12/h1-2,9,12-13,15H,3-8,10-11H2. The van der Waals surface area contributed by atoms with Crippen LogP contribution in [-0.4, -0.2) is 44.2 Å². The SMILES string of the molecule is c1csc(C2CN(CC3CCNCC3)CCO2)c1. The molecule has 1 aromatic rings. The first-order valence-electron chi connectivity index (χ1n) is 7.00. The van der Waals surface area contributed by atoms with E-state index in [0.717, 1.165) is 25.6 Å². The summed E-state index contributed by atoms with van der Waals surface area (Å²) in [5.41, 5.74) is 0. The molecule has 0 aromatic carbocycles. The van der Waals surface area contributed by atoms with Crippen molar-refractivity contribution in [1.29, 1.82) is 0 Å². The van der Waals surface area contributed by atoms with Crippen LogP contribution in [0.3, 0.4) is 0 Å². The number of hydrogen-bond donors (Lipinski definition) is 1. The normalized spacial score (nSPS) is 27.4. The molecule has 0 spiro atoms. The van der Waals surface area contributed by atoms with Crippen molar-refractivity contribution in [2.24, 2.45) is 5.92 Å². The summed E-state index contributed by atoms with van der Waals surface area (Å²) in [7, 11) is 0. The molecule has 4 heteroatoms. The highest BCUT2D eigenvalue weighted by Crippen LogP contribution is 2.27. The fourth-order valence-corrected chi connectivity index (χ4v) is 3.71. The Morgan fingerprint density at radius 2 is 2.28 bits per heavy atom. The van der Waals surface area contributed by atoms with E-state index in [0.29, 0.717) is 6.10 Å². The molecule has 2 aliphatic rings. The lowest BCUT2D eigenvalue weighted by Gasteiger charge is -2.35. The third kappa shape index (κ3) is 3.12. The van der Waals surface area contributed by atoms with Gasteiger partial charge in [-0.15, -0.1) is 11.3 Å². The molecular weight excluding hydrogens is 244 g/mol. The Morgan fingerprint density at radius 3 is 3.06 bits per heavy atom. The Balaban J connectivity index is 1.53. The molecule has 1 atom stereocenters. The molecule has 0 aliphatic carbocycles. The Bertz CT molecular complexity index is 349. The number of nitrogens with zero attached hydrogens (tertiary/aromatic N) is 1. The first kappa shape index (κ1) is 12.6. The van der Waals surface area contributed by atoms with E-state index in [4.69, 9.17) is 4.74 Å². The van der Waals surface area contributed by atoms with Crippen LogP contribution in [0, 0.1) is 5.92 Å². The molecule has 1 aromatic heterocycles. The maximum atomic E-state index is 5.90. The van der Waals surface area contributed by atoms with E-state index in [1.54, 1.807) is 0 Å². The second-order valence-corrected chi connectivity index (χ2v) is 6.31. The molecule has 0 bridgehead atoms. The minimum absolute atomic E-state index is 0.306. The van der Waals surface area contributed by atoms with Crippen molar-refractivity contribution in [2.45, 2.75) is 18.9 Å². The molecule has 0 radical (unpaired) electrons. The number of ether oxygens (including phenoxy) is 1. The molecule has 18 heavy (non-hydrogen) atoms. The first-order valence-corrected chi connectivity index (χ1v) is 7.88. The van der Waals surface area contributed by atoms with E-state index in [-0.39, 0.29) is 0 Å². The molecule has 0 amide bonds. The zero-order chi connectivity index (χ0) is 12.2. The zero-order valence-electron chi connectivity index (χ0n) is 10.8. The van der Waals surface area contributed by atoms with E-state index in [9.17, 15) is 0 Å². The number of piperidine rings is 1. The van der Waals surface area contributed by atoms with E-state index in [2.05, 4.69) is 27.7 Å². The Kier molecular flexibility index (Phi) is 4.31. The molecular formula is C14H22N2OS. The number of rotatable bonds is 3. The average Bonchev–Trinajstić information content (AvgIpc) is 2.94. The first-order chi connectivity index (χ1) is 8.92. The lowest BCUT2D eigenvalue weighted by Crippen LogP contribution is -2.42. The summed E-state index contributed by atoms with van der Waals surface area (Å²) in [5, 5.41) is 5.58. The molecule has 100 valence electrons. The van der Waals surface area contributed by atoms with Crippen LogP contribution in [0.5, 0.6) is 0 Å². The third-order valence-electron chi connectivity index (χ3n) is 3.99. The van der Waals surface area contributed by atoms with Gasteiger partial charge in [0, 0.05) is 24.5 Å². The lowest BCUT2D eigenvalue weighted by atomic mass is 9.97. The summed E-state index contributed by atoms with van der Waals surface area (Å²) in [6.07, 6.45) is 2.97. The van der Waals surface area contributed by atoms with Gasteiger partial charge in [0.1, 0.15) is 6.10 Å². The highest BCUT2D eigenvalue weighted by Gasteiger charge is 2.25. The van der Waals surface area contributed by atoms with Crippen LogP contribution < -0.4 is 5.32 Å². The van der Waals surface area contributed by atoms with Crippen LogP contribution >= 0.6 is 11.3 Å². The van der Waals surface area contributed by atoms with Crippen molar-refractivity contribution >= 4 is 11.3 Å². The van der Waals surface area contributed by atoms with Crippen molar-refractivity contribution in [2.75, 3.05) is 39.3 Å². The minimum Gasteiger partial charge on any atom is -0.370 e. The number of morpholine rings is 1. The molecule has 2 saturated heterocycles. The lowest BCUT2D eigenvalue weighted by molar-refractivity contribution is -0.0339. The fraction of sp³-hybridized carbons (Fsp3) is 0.714. The van der Waals surface area contributed by atoms with Gasteiger partial charge in [0.05, 0.1) is 6.61 Å². The van der Waals surface area contributed by atoms with Crippen LogP contribution in [0.25, 0.3) is 0 Å². The summed E-state index contributed by atoms with van der Waals surface area (Å²) >= 11 is 1.82. The minimum atomic E-state index is 0.306. The van der Waals surface area contributed by atoms with Gasteiger partial charge in [0.25, 0.3) is 0 Å². The van der Waals surface area contributed by atoms with E-state index in [1.807, 2.05) is 11.3 Å². The summed E-state index contributed by atoms with van der Waals surface area (Å²) in [6, 6.07) is 4.32. The van der Waals surface area contributed by atoms with Gasteiger partial charge in [0.2, 0.25) is 0 Å². The van der Waals surface area contributed by atoms with Gasteiger partial charge in [0.15, 0.2) is 0 Å². The largest absolute Gasteiger partial charge is 0.370 e.